The lowest BCUT2D eigenvalue weighted by Crippen LogP contribution is -2.08. The predicted molar refractivity (Wildman–Crippen MR) is 123 cm³/mol. The van der Waals surface area contributed by atoms with E-state index < -0.39 is 11.9 Å². The molecular weight excluding hydrogens is 437 g/mol. The molecule has 6 nitrogen and oxygen atoms in total. The molecule has 0 saturated heterocycles. The number of nitrogens with zero attached hydrogens (tertiary/aromatic N) is 1. The van der Waals surface area contributed by atoms with E-state index in [0.717, 1.165) is 11.1 Å². The number of hydrogen-bond acceptors (Lipinski definition) is 3. The van der Waals surface area contributed by atoms with Crippen LogP contribution in [0.4, 0.5) is 5.69 Å². The highest BCUT2D eigenvalue weighted by Gasteiger charge is 2.18. The van der Waals surface area contributed by atoms with Crippen molar-refractivity contribution in [2.75, 3.05) is 5.32 Å². The highest BCUT2D eigenvalue weighted by Crippen LogP contribution is 2.33. The van der Waals surface area contributed by atoms with Crippen molar-refractivity contribution >= 4 is 57.7 Å². The number of anilines is 1. The number of aromatic carboxylic acids is 1. The highest BCUT2D eigenvalue weighted by molar-refractivity contribution is 6.39. The number of aromatic nitrogens is 2. The van der Waals surface area contributed by atoms with Gasteiger partial charge in [0, 0.05) is 51.2 Å². The summed E-state index contributed by atoms with van der Waals surface area (Å²) in [5, 5.41) is 13.4. The molecule has 2 aromatic carbocycles. The monoisotopic (exact) mass is 451 g/mol. The fourth-order valence-corrected chi connectivity index (χ4v) is 3.86. The van der Waals surface area contributed by atoms with Crippen LogP contribution in [0.1, 0.15) is 16.1 Å². The molecule has 0 radical (unpaired) electrons. The maximum Gasteiger partial charge on any atom is 0.352 e. The molecule has 2 aromatic heterocycles. The molecule has 0 aliphatic rings. The van der Waals surface area contributed by atoms with Crippen LogP contribution < -0.4 is 5.32 Å². The normalized spacial score (nSPS) is 11.2. The van der Waals surface area contributed by atoms with Gasteiger partial charge in [0.15, 0.2) is 0 Å². The van der Waals surface area contributed by atoms with Gasteiger partial charge in [-0.05, 0) is 42.0 Å². The molecule has 4 rings (SSSR count). The molecule has 0 fully saturated rings. The lowest BCUT2D eigenvalue weighted by molar-refractivity contribution is -0.111. The molecule has 8 heteroatoms. The summed E-state index contributed by atoms with van der Waals surface area (Å²) >= 11 is 12.3. The maximum absolute atomic E-state index is 12.5. The smallest absolute Gasteiger partial charge is 0.352 e. The van der Waals surface area contributed by atoms with E-state index in [4.69, 9.17) is 23.2 Å². The Morgan fingerprint density at radius 2 is 1.87 bits per heavy atom. The molecule has 4 aromatic rings. The fraction of sp³-hybridized carbons (Fsp3) is 0. The summed E-state index contributed by atoms with van der Waals surface area (Å²) in [5.41, 5.74) is 3.11. The van der Waals surface area contributed by atoms with Crippen LogP contribution in [-0.4, -0.2) is 27.0 Å². The van der Waals surface area contributed by atoms with Gasteiger partial charge in [0.1, 0.15) is 5.69 Å². The van der Waals surface area contributed by atoms with E-state index in [1.54, 1.807) is 24.5 Å². The molecule has 0 unspecified atom stereocenters. The Hall–Kier alpha value is -3.61. The van der Waals surface area contributed by atoms with Crippen LogP contribution in [0, 0.1) is 0 Å². The van der Waals surface area contributed by atoms with Crippen molar-refractivity contribution in [3.8, 4) is 11.1 Å². The van der Waals surface area contributed by atoms with E-state index in [0.29, 0.717) is 27.2 Å². The number of fused-ring (bicyclic) bond motifs is 1. The van der Waals surface area contributed by atoms with Crippen LogP contribution in [-0.2, 0) is 4.79 Å². The van der Waals surface area contributed by atoms with Gasteiger partial charge in [-0.25, -0.2) is 4.79 Å². The first kappa shape index (κ1) is 20.7. The first-order valence-corrected chi connectivity index (χ1v) is 9.91. The number of carbonyl (C=O) groups excluding carboxylic acids is 1. The van der Waals surface area contributed by atoms with E-state index in [-0.39, 0.29) is 10.7 Å². The number of amides is 1. The predicted octanol–water partition coefficient (Wildman–Crippen LogP) is 5.89. The third kappa shape index (κ3) is 4.45. The molecule has 0 saturated carbocycles. The van der Waals surface area contributed by atoms with Crippen LogP contribution in [0.3, 0.4) is 0 Å². The van der Waals surface area contributed by atoms with Crippen LogP contribution in [0.15, 0.2) is 67.0 Å². The second-order valence-corrected chi connectivity index (χ2v) is 7.52. The van der Waals surface area contributed by atoms with E-state index in [1.165, 1.54) is 18.2 Å². The summed E-state index contributed by atoms with van der Waals surface area (Å²) < 4.78 is 0. The van der Waals surface area contributed by atoms with Crippen LogP contribution in [0.5, 0.6) is 0 Å². The van der Waals surface area contributed by atoms with Gasteiger partial charge < -0.3 is 15.4 Å². The number of H-pyrrole nitrogens is 1. The molecule has 2 heterocycles. The quantitative estimate of drug-likeness (QED) is 0.329. The van der Waals surface area contributed by atoms with Crippen molar-refractivity contribution in [3.63, 3.8) is 0 Å². The van der Waals surface area contributed by atoms with Gasteiger partial charge in [0.2, 0.25) is 5.91 Å². The van der Waals surface area contributed by atoms with Crippen LogP contribution >= 0.6 is 23.2 Å². The van der Waals surface area contributed by atoms with Crippen molar-refractivity contribution in [2.24, 2.45) is 0 Å². The van der Waals surface area contributed by atoms with Gasteiger partial charge in [-0.3, -0.25) is 9.78 Å². The number of carbonyl (C=O) groups is 2. The summed E-state index contributed by atoms with van der Waals surface area (Å²) in [6, 6.07) is 14.2. The van der Waals surface area contributed by atoms with Gasteiger partial charge in [0.05, 0.1) is 5.02 Å². The molecule has 3 N–H and O–H groups in total. The zero-order chi connectivity index (χ0) is 22.0. The molecule has 0 aliphatic heterocycles. The molecule has 31 heavy (non-hydrogen) atoms. The number of hydrogen-bond donors (Lipinski definition) is 3. The third-order valence-corrected chi connectivity index (χ3v) is 5.11. The average molecular weight is 452 g/mol. The minimum atomic E-state index is -1.17. The number of carboxylic acids is 1. The number of rotatable bonds is 5. The lowest BCUT2D eigenvalue weighted by Gasteiger charge is -2.06. The number of nitrogens with one attached hydrogen (secondary N) is 2. The Labute approximate surface area is 187 Å². The van der Waals surface area contributed by atoms with E-state index in [2.05, 4.69) is 15.3 Å². The topological polar surface area (TPSA) is 95.1 Å². The summed E-state index contributed by atoms with van der Waals surface area (Å²) in [4.78, 5) is 31.0. The van der Waals surface area contributed by atoms with Gasteiger partial charge >= 0.3 is 5.97 Å². The molecular formula is C23H15Cl2N3O3. The first-order chi connectivity index (χ1) is 14.9. The van der Waals surface area contributed by atoms with E-state index in [1.807, 2.05) is 30.3 Å². The molecule has 0 aliphatic carbocycles. The fourth-order valence-electron chi connectivity index (χ4n) is 3.26. The zero-order valence-corrected chi connectivity index (χ0v) is 17.4. The van der Waals surface area contributed by atoms with Crippen molar-refractivity contribution in [1.82, 2.24) is 9.97 Å². The Kier molecular flexibility index (Phi) is 5.75. The highest BCUT2D eigenvalue weighted by atomic mass is 35.5. The van der Waals surface area contributed by atoms with Crippen molar-refractivity contribution < 1.29 is 14.7 Å². The second-order valence-electron chi connectivity index (χ2n) is 6.67. The zero-order valence-electron chi connectivity index (χ0n) is 15.9. The first-order valence-electron chi connectivity index (χ1n) is 9.16. The van der Waals surface area contributed by atoms with E-state index >= 15 is 0 Å². The largest absolute Gasteiger partial charge is 0.477 e. The number of benzene rings is 2. The second kappa shape index (κ2) is 8.63. The van der Waals surface area contributed by atoms with Gasteiger partial charge in [0.25, 0.3) is 0 Å². The minimum absolute atomic E-state index is 0.0817. The van der Waals surface area contributed by atoms with Crippen molar-refractivity contribution in [1.29, 1.82) is 0 Å². The summed E-state index contributed by atoms with van der Waals surface area (Å²) in [6.07, 6.45) is 6.11. The molecule has 0 bridgehead atoms. The number of pyridine rings is 1. The van der Waals surface area contributed by atoms with Crippen LogP contribution in [0.2, 0.25) is 10.0 Å². The van der Waals surface area contributed by atoms with Gasteiger partial charge in [-0.15, -0.1) is 0 Å². The summed E-state index contributed by atoms with van der Waals surface area (Å²) in [6.45, 7) is 0. The number of carboxylic acid groups (broad SMARTS) is 1. The SMILES string of the molecule is O=C(/C=C/c1c(C(=O)O)[nH]c2cc(Cl)cc(Cl)c12)Nc1cccc(-c2cccnc2)c1. The lowest BCUT2D eigenvalue weighted by atomic mass is 10.1. The van der Waals surface area contributed by atoms with Gasteiger partial charge in [-0.1, -0.05) is 41.4 Å². The van der Waals surface area contributed by atoms with Crippen molar-refractivity contribution in [3.05, 3.63) is 88.3 Å². The maximum atomic E-state index is 12.5. The molecule has 0 spiro atoms. The Morgan fingerprint density at radius 1 is 1.06 bits per heavy atom. The third-order valence-electron chi connectivity index (χ3n) is 4.59. The number of halogens is 2. The average Bonchev–Trinajstić information content (AvgIpc) is 3.12. The van der Waals surface area contributed by atoms with Crippen molar-refractivity contribution in [2.45, 2.75) is 0 Å². The summed E-state index contributed by atoms with van der Waals surface area (Å²) in [5.74, 6) is -1.59. The Balaban J connectivity index is 1.61. The molecule has 0 atom stereocenters. The standard InChI is InChI=1S/C23H15Cl2N3O3/c24-15-10-18(25)21-17(22(23(30)31)28-19(21)11-15)6-7-20(29)27-16-5-1-3-13(9-16)14-4-2-8-26-12-14/h1-12,28H,(H,27,29)(H,30,31)/b7-6+. The minimum Gasteiger partial charge on any atom is -0.477 e. The summed E-state index contributed by atoms with van der Waals surface area (Å²) in [7, 11) is 0. The molecule has 1 amide bonds. The van der Waals surface area contributed by atoms with E-state index in [9.17, 15) is 14.7 Å². The Bertz CT molecular complexity index is 1330. The van der Waals surface area contributed by atoms with Gasteiger partial charge in [-0.2, -0.15) is 0 Å². The Morgan fingerprint density at radius 3 is 2.61 bits per heavy atom. The number of aromatic amines is 1. The van der Waals surface area contributed by atoms with Crippen LogP contribution in [0.25, 0.3) is 28.1 Å². The molecule has 154 valence electrons.